The molecule has 6 aromatic rings. The molecule has 0 aliphatic carbocycles. The number of hydrogen-bond donors (Lipinski definition) is 9. The van der Waals surface area contributed by atoms with E-state index in [1.165, 1.54) is 12.2 Å². The number of fused-ring (bicyclic) bond motifs is 1. The molecule has 0 spiro atoms. The van der Waals surface area contributed by atoms with Crippen LogP contribution in [-0.4, -0.2) is 168 Å². The van der Waals surface area contributed by atoms with Crippen molar-refractivity contribution in [2.24, 2.45) is 11.7 Å². The molecule has 28 heteroatoms. The van der Waals surface area contributed by atoms with E-state index < -0.39 is 41.9 Å². The fourth-order valence-corrected chi connectivity index (χ4v) is 9.27. The van der Waals surface area contributed by atoms with Crippen molar-refractivity contribution in [2.45, 2.75) is 65.3 Å². The lowest BCUT2D eigenvalue weighted by Crippen LogP contribution is -2.54. The summed E-state index contributed by atoms with van der Waals surface area (Å²) in [7, 11) is 0. The summed E-state index contributed by atoms with van der Waals surface area (Å²) >= 11 is 3.44. The maximum Gasteiger partial charge on any atom is 0.407 e. The second-order valence-corrected chi connectivity index (χ2v) is 21.5. The van der Waals surface area contributed by atoms with Crippen molar-refractivity contribution in [2.75, 3.05) is 89.7 Å². The molecule has 10 N–H and O–H groups in total. The number of hydrogen-bond acceptors (Lipinski definition) is 19. The number of aryl methyl sites for hydroxylation is 1. The van der Waals surface area contributed by atoms with Crippen LogP contribution in [0.4, 0.5) is 21.0 Å². The highest BCUT2D eigenvalue weighted by Crippen LogP contribution is 2.31. The predicted molar refractivity (Wildman–Crippen MR) is 336 cm³/mol. The molecule has 0 saturated heterocycles. The summed E-state index contributed by atoms with van der Waals surface area (Å²) in [6, 6.07) is 20.4. The van der Waals surface area contributed by atoms with E-state index in [0.29, 0.717) is 93.0 Å². The number of nitrogens with one attached hydrogen (secondary N) is 7. The lowest BCUT2D eigenvalue weighted by atomic mass is 10.0. The topological polar surface area (TPSA) is 364 Å². The molecule has 478 valence electrons. The third kappa shape index (κ3) is 21.8. The van der Waals surface area contributed by atoms with Gasteiger partial charge in [0.25, 0.3) is 11.8 Å². The summed E-state index contributed by atoms with van der Waals surface area (Å²) in [5.41, 5.74) is 12.0. The molecule has 2 aromatic carbocycles. The summed E-state index contributed by atoms with van der Waals surface area (Å²) in [5, 5.41) is 26.8. The Balaban J connectivity index is 0.814. The maximum absolute atomic E-state index is 13.7. The minimum Gasteiger partial charge on any atom is -0.508 e. The number of primary amides is 1. The second kappa shape index (κ2) is 35.0. The van der Waals surface area contributed by atoms with Crippen LogP contribution in [0.25, 0.3) is 39.6 Å². The summed E-state index contributed by atoms with van der Waals surface area (Å²) in [6.45, 7) is 11.7. The van der Waals surface area contributed by atoms with E-state index in [1.807, 2.05) is 49.4 Å². The Bertz CT molecular complexity index is 3470. The number of aromatic nitrogens is 5. The van der Waals surface area contributed by atoms with Gasteiger partial charge in [-0.15, -0.1) is 0 Å². The van der Waals surface area contributed by atoms with Crippen molar-refractivity contribution in [1.82, 2.24) is 51.1 Å². The van der Waals surface area contributed by atoms with Crippen molar-refractivity contribution in [3.63, 3.8) is 0 Å². The number of rotatable bonds is 37. The number of carbonyl (C=O) groups is 7. The summed E-state index contributed by atoms with van der Waals surface area (Å²) < 4.78 is 33.9. The Hall–Kier alpha value is -9.35. The Morgan fingerprint density at radius 1 is 0.756 bits per heavy atom. The van der Waals surface area contributed by atoms with Crippen LogP contribution in [0.1, 0.15) is 55.8 Å². The molecule has 8 amide bonds. The van der Waals surface area contributed by atoms with Crippen molar-refractivity contribution in [1.29, 1.82) is 0 Å². The van der Waals surface area contributed by atoms with E-state index in [0.717, 1.165) is 16.3 Å². The largest absolute Gasteiger partial charge is 0.508 e. The number of urea groups is 1. The van der Waals surface area contributed by atoms with Gasteiger partial charge in [-0.05, 0) is 85.8 Å². The van der Waals surface area contributed by atoms with Gasteiger partial charge in [-0.2, -0.15) is 0 Å². The molecule has 1 unspecified atom stereocenters. The van der Waals surface area contributed by atoms with Gasteiger partial charge in [-0.25, -0.2) is 19.6 Å². The molecule has 5 heterocycles. The Morgan fingerprint density at radius 2 is 1.46 bits per heavy atom. The number of imide groups is 1. The van der Waals surface area contributed by atoms with Crippen LogP contribution in [0.5, 0.6) is 5.75 Å². The zero-order valence-electron chi connectivity index (χ0n) is 50.1. The quantitative estimate of drug-likeness (QED) is 0.0123. The first kappa shape index (κ1) is 68.1. The number of halogens is 1. The maximum atomic E-state index is 13.7. The molecule has 0 saturated carbocycles. The highest BCUT2D eigenvalue weighted by molar-refractivity contribution is 9.10. The minimum absolute atomic E-state index is 0.0420. The zero-order chi connectivity index (χ0) is 64.4. The van der Waals surface area contributed by atoms with E-state index in [1.54, 1.807) is 56.4 Å². The number of nitrogens with two attached hydrogens (primary N) is 1. The molecular formula is C62H74BrN13O14. The molecular weight excluding hydrogens is 1230 g/mol. The van der Waals surface area contributed by atoms with E-state index in [2.05, 4.69) is 64.4 Å². The monoisotopic (exact) mass is 1300 g/mol. The molecule has 27 nitrogen and oxygen atoms in total. The average molecular weight is 1310 g/mol. The Labute approximate surface area is 527 Å². The van der Waals surface area contributed by atoms with E-state index >= 15 is 0 Å². The molecule has 90 heavy (non-hydrogen) atoms. The normalized spacial score (nSPS) is 12.6. The Morgan fingerprint density at radius 3 is 2.14 bits per heavy atom. The van der Waals surface area contributed by atoms with Crippen LogP contribution in [-0.2, 0) is 60.8 Å². The number of aromatic amines is 1. The number of aliphatic hydroxyl groups excluding tert-OH is 1. The number of H-pyrrole nitrogens is 1. The predicted octanol–water partition coefficient (Wildman–Crippen LogP) is 5.99. The summed E-state index contributed by atoms with van der Waals surface area (Å²) in [5.74, 6) is -1.68. The van der Waals surface area contributed by atoms with Gasteiger partial charge < -0.3 is 76.1 Å². The lowest BCUT2D eigenvalue weighted by Gasteiger charge is -2.25. The molecule has 7 rings (SSSR count). The van der Waals surface area contributed by atoms with Gasteiger partial charge in [0.1, 0.15) is 48.3 Å². The molecule has 1 aliphatic rings. The van der Waals surface area contributed by atoms with Crippen molar-refractivity contribution < 1.29 is 67.1 Å². The van der Waals surface area contributed by atoms with Gasteiger partial charge in [0, 0.05) is 58.3 Å². The van der Waals surface area contributed by atoms with E-state index in [4.69, 9.17) is 49.1 Å². The molecule has 0 bridgehead atoms. The molecule has 1 aliphatic heterocycles. The van der Waals surface area contributed by atoms with Crippen LogP contribution in [0.15, 0.2) is 108 Å². The zero-order valence-corrected chi connectivity index (χ0v) is 51.7. The number of ether oxygens (including phenoxy) is 6. The number of benzene rings is 2. The molecule has 0 fully saturated rings. The van der Waals surface area contributed by atoms with Crippen LogP contribution in [0, 0.1) is 12.8 Å². The fourth-order valence-electron chi connectivity index (χ4n) is 8.80. The van der Waals surface area contributed by atoms with Gasteiger partial charge in [-0.3, -0.25) is 38.8 Å². The van der Waals surface area contributed by atoms with E-state index in [-0.39, 0.29) is 109 Å². The number of amides is 8. The van der Waals surface area contributed by atoms with Crippen molar-refractivity contribution >= 4 is 85.8 Å². The third-order valence-corrected chi connectivity index (χ3v) is 14.1. The number of carbonyl (C=O) groups excluding carboxylic acids is 7. The molecule has 0 radical (unpaired) electrons. The van der Waals surface area contributed by atoms with Gasteiger partial charge >= 0.3 is 12.1 Å². The average Bonchev–Trinajstić information content (AvgIpc) is 1.71. The minimum atomic E-state index is -1.07. The highest BCUT2D eigenvalue weighted by atomic mass is 79.9. The fraction of sp³-hybridized carbons (Fsp3) is 0.371. The highest BCUT2D eigenvalue weighted by Gasteiger charge is 2.29. The van der Waals surface area contributed by atoms with Gasteiger partial charge in [0.15, 0.2) is 0 Å². The first-order valence-electron chi connectivity index (χ1n) is 29.0. The summed E-state index contributed by atoms with van der Waals surface area (Å²) in [6.07, 6.45) is 3.67. The van der Waals surface area contributed by atoms with Crippen LogP contribution >= 0.6 is 15.9 Å². The standard InChI is InChI=1S/C62H74BrN13O14/c1-38(2)56(75-53(78)20-24-85-27-29-87-31-32-88-30-28-86-26-23-76-54(79)18-19-55(76)80)60(82)72-50(9-6-21-65-61(64)83)59(81)70-42-12-10-41(11-13-42)37-90-62(84)66-22-25-89-44-34-51-47(68-35-44)16-17-49(71-51)58-57(48-8-5-7-39(3)69-48)73-52(74-58)36-67-43-14-15-46(63)45(33-43)40(4)77/h5,7-8,10-19,33-35,38,50,56,67,77H,4,6,9,20-32,36-37H2,1-3H3,(H,66,84)(H,70,81)(H,72,82)(H,73,74)(H,75,78)(H3,64,65,83)/t50?,56-/m0/s1. The summed E-state index contributed by atoms with van der Waals surface area (Å²) in [4.78, 5) is 111. The number of pyridine rings is 3. The van der Waals surface area contributed by atoms with E-state index in [9.17, 15) is 38.7 Å². The van der Waals surface area contributed by atoms with Crippen molar-refractivity contribution in [3.05, 3.63) is 131 Å². The third-order valence-electron chi connectivity index (χ3n) is 13.4. The number of imidazole rings is 1. The number of alkyl carbamates (subject to hydrolysis) is 1. The van der Waals surface area contributed by atoms with Crippen molar-refractivity contribution in [3.8, 4) is 28.5 Å². The smallest absolute Gasteiger partial charge is 0.407 e. The number of anilines is 2. The molecule has 4 aromatic heterocycles. The molecule has 2 atom stereocenters. The Kier molecular flexibility index (Phi) is 26.5. The second-order valence-electron chi connectivity index (χ2n) is 20.7. The number of aliphatic hydroxyl groups is 1. The van der Waals surface area contributed by atoms with Gasteiger partial charge in [0.05, 0.1) is 107 Å². The lowest BCUT2D eigenvalue weighted by molar-refractivity contribution is -0.137. The van der Waals surface area contributed by atoms with Crippen LogP contribution in [0.2, 0.25) is 0 Å². The first-order valence-corrected chi connectivity index (χ1v) is 29.8. The number of nitrogens with zero attached hydrogens (tertiary/aromatic N) is 5. The first-order chi connectivity index (χ1) is 43.4. The SMILES string of the molecule is C=C(O)c1cc(NCc2nc(-c3cccc(C)n3)c(-c3ccc4ncc(OCCNC(=O)OCc5ccc(NC(=O)C(CCCNC(N)=O)NC(=O)[C@@H](NC(=O)CCOCCOCCOCCOCCN6C(=O)C=CC6=O)C(C)C)cc5)cc4n3)[nH]2)ccc1Br. The van der Waals surface area contributed by atoms with Crippen LogP contribution in [0.3, 0.4) is 0 Å². The van der Waals surface area contributed by atoms with Gasteiger partial charge in [0.2, 0.25) is 17.7 Å². The van der Waals surface area contributed by atoms with Gasteiger partial charge in [-0.1, -0.05) is 54.6 Å². The van der Waals surface area contributed by atoms with Crippen LogP contribution < -0.4 is 42.4 Å².